The van der Waals surface area contributed by atoms with E-state index in [1.165, 1.54) is 6.92 Å². The fourth-order valence-electron chi connectivity index (χ4n) is 3.80. The van der Waals surface area contributed by atoms with Crippen LogP contribution in [-0.2, 0) is 26.6 Å². The number of aliphatic carboxylic acids is 1. The summed E-state index contributed by atoms with van der Waals surface area (Å²) < 4.78 is 90.3. The molecule has 174 valence electrons. The molecular weight excluding hydrogens is 442 g/mol. The second kappa shape index (κ2) is 9.11. The van der Waals surface area contributed by atoms with Gasteiger partial charge in [-0.1, -0.05) is 30.3 Å². The van der Waals surface area contributed by atoms with Crippen LogP contribution >= 0.6 is 0 Å². The molecule has 0 aromatic heterocycles. The standard InChI is InChI=1S/C22H20F6O4/c1-12(14-7-15(21(23,24)25)9-16(8-14)22(26,27)28)32-18-11-31-10-17(20(29)30)19(18)13-5-3-2-4-6-13/h2-9,12,17-19H,10-11H2,1H3,(H,29,30). The SMILES string of the molecule is CC(OC1COCC(C(=O)O)C1c1ccccc1)c1cc(C(F)(F)F)cc(C(F)(F)F)c1. The number of carboxylic acids is 1. The Labute approximate surface area is 179 Å². The molecule has 4 atom stereocenters. The molecule has 2 aromatic rings. The molecule has 0 saturated carbocycles. The minimum absolute atomic E-state index is 0.0488. The summed E-state index contributed by atoms with van der Waals surface area (Å²) in [6, 6.07) is 9.79. The van der Waals surface area contributed by atoms with Crippen molar-refractivity contribution in [3.8, 4) is 0 Å². The maximum Gasteiger partial charge on any atom is 0.416 e. The van der Waals surface area contributed by atoms with Gasteiger partial charge in [-0.2, -0.15) is 26.3 Å². The van der Waals surface area contributed by atoms with Gasteiger partial charge in [-0.3, -0.25) is 4.79 Å². The number of carbonyl (C=O) groups is 1. The molecule has 0 aliphatic carbocycles. The van der Waals surface area contributed by atoms with Gasteiger partial charge in [0.1, 0.15) is 0 Å². The van der Waals surface area contributed by atoms with Crippen LogP contribution in [0, 0.1) is 5.92 Å². The second-order valence-electron chi connectivity index (χ2n) is 7.57. The molecule has 4 unspecified atom stereocenters. The average Bonchev–Trinajstić information content (AvgIpc) is 2.72. The summed E-state index contributed by atoms with van der Waals surface area (Å²) in [5, 5.41) is 9.61. The molecular formula is C22H20F6O4. The fourth-order valence-corrected chi connectivity index (χ4v) is 3.80. The number of hydrogen-bond donors (Lipinski definition) is 1. The highest BCUT2D eigenvalue weighted by atomic mass is 19.4. The topological polar surface area (TPSA) is 55.8 Å². The van der Waals surface area contributed by atoms with Gasteiger partial charge in [0.25, 0.3) is 0 Å². The van der Waals surface area contributed by atoms with Crippen LogP contribution < -0.4 is 0 Å². The number of halogens is 6. The van der Waals surface area contributed by atoms with E-state index in [2.05, 4.69) is 0 Å². The predicted octanol–water partition coefficient (Wildman–Crippen LogP) is 5.69. The van der Waals surface area contributed by atoms with Crippen molar-refractivity contribution in [3.63, 3.8) is 0 Å². The molecule has 1 N–H and O–H groups in total. The molecule has 10 heteroatoms. The van der Waals surface area contributed by atoms with Crippen LogP contribution in [0.5, 0.6) is 0 Å². The van der Waals surface area contributed by atoms with E-state index in [9.17, 15) is 36.2 Å². The zero-order chi connectivity index (χ0) is 23.7. The van der Waals surface area contributed by atoms with Crippen LogP contribution in [0.3, 0.4) is 0 Å². The Kier molecular flexibility index (Phi) is 6.85. The van der Waals surface area contributed by atoms with E-state index in [-0.39, 0.29) is 24.8 Å². The van der Waals surface area contributed by atoms with Gasteiger partial charge in [-0.05, 0) is 36.2 Å². The van der Waals surface area contributed by atoms with E-state index in [0.717, 1.165) is 0 Å². The number of benzene rings is 2. The maximum atomic E-state index is 13.2. The van der Waals surface area contributed by atoms with E-state index in [1.807, 2.05) is 0 Å². The molecule has 1 saturated heterocycles. The van der Waals surface area contributed by atoms with Crippen molar-refractivity contribution < 1.29 is 45.7 Å². The van der Waals surface area contributed by atoms with Crippen molar-refractivity contribution in [1.82, 2.24) is 0 Å². The molecule has 0 spiro atoms. The smallest absolute Gasteiger partial charge is 0.416 e. The van der Waals surface area contributed by atoms with Crippen molar-refractivity contribution in [2.24, 2.45) is 5.92 Å². The number of ether oxygens (including phenoxy) is 2. The lowest BCUT2D eigenvalue weighted by atomic mass is 9.80. The molecule has 4 nitrogen and oxygen atoms in total. The van der Waals surface area contributed by atoms with Gasteiger partial charge in [0.15, 0.2) is 0 Å². The molecule has 0 amide bonds. The molecule has 0 bridgehead atoms. The number of carboxylic acid groups (broad SMARTS) is 1. The van der Waals surface area contributed by atoms with Gasteiger partial charge >= 0.3 is 18.3 Å². The molecule has 32 heavy (non-hydrogen) atoms. The summed E-state index contributed by atoms with van der Waals surface area (Å²) in [7, 11) is 0. The highest BCUT2D eigenvalue weighted by molar-refractivity contribution is 5.72. The summed E-state index contributed by atoms with van der Waals surface area (Å²) >= 11 is 0. The van der Waals surface area contributed by atoms with Gasteiger partial charge in [-0.15, -0.1) is 0 Å². The van der Waals surface area contributed by atoms with Crippen molar-refractivity contribution >= 4 is 5.97 Å². The fraction of sp³-hybridized carbons (Fsp3) is 0.409. The first-order valence-electron chi connectivity index (χ1n) is 9.68. The Morgan fingerprint density at radius 3 is 2.06 bits per heavy atom. The lowest BCUT2D eigenvalue weighted by Gasteiger charge is -2.37. The maximum absolute atomic E-state index is 13.2. The minimum Gasteiger partial charge on any atom is -0.481 e. The Hall–Kier alpha value is -2.59. The molecule has 3 rings (SSSR count). The Morgan fingerprint density at radius 1 is 1.00 bits per heavy atom. The van der Waals surface area contributed by atoms with Crippen LogP contribution in [0.15, 0.2) is 48.5 Å². The van der Waals surface area contributed by atoms with Crippen LogP contribution in [0.4, 0.5) is 26.3 Å². The van der Waals surface area contributed by atoms with Gasteiger partial charge in [-0.25, -0.2) is 0 Å². The van der Waals surface area contributed by atoms with Gasteiger partial charge < -0.3 is 14.6 Å². The quantitative estimate of drug-likeness (QED) is 0.581. The zero-order valence-corrected chi connectivity index (χ0v) is 16.8. The third kappa shape index (κ3) is 5.42. The first-order valence-corrected chi connectivity index (χ1v) is 9.68. The molecule has 1 fully saturated rings. The lowest BCUT2D eigenvalue weighted by molar-refractivity contribution is -0.159. The van der Waals surface area contributed by atoms with E-state index in [1.54, 1.807) is 30.3 Å². The van der Waals surface area contributed by atoms with Crippen LogP contribution in [-0.4, -0.2) is 30.4 Å². The predicted molar refractivity (Wildman–Crippen MR) is 101 cm³/mol. The monoisotopic (exact) mass is 462 g/mol. The van der Waals surface area contributed by atoms with Crippen LogP contribution in [0.25, 0.3) is 0 Å². The molecule has 2 aromatic carbocycles. The summed E-state index contributed by atoms with van der Waals surface area (Å²) in [5.74, 6) is -2.83. The highest BCUT2D eigenvalue weighted by Gasteiger charge is 2.42. The van der Waals surface area contributed by atoms with Crippen molar-refractivity contribution in [3.05, 3.63) is 70.8 Å². The summed E-state index contributed by atoms with van der Waals surface area (Å²) in [5.41, 5.74) is -2.58. The van der Waals surface area contributed by atoms with Gasteiger partial charge in [0.2, 0.25) is 0 Å². The summed E-state index contributed by atoms with van der Waals surface area (Å²) in [6.45, 7) is 1.17. The van der Waals surface area contributed by atoms with E-state index < -0.39 is 53.5 Å². The largest absolute Gasteiger partial charge is 0.481 e. The number of hydrogen-bond acceptors (Lipinski definition) is 3. The number of rotatable bonds is 5. The molecule has 0 radical (unpaired) electrons. The van der Waals surface area contributed by atoms with Gasteiger partial charge in [0.05, 0.1) is 42.5 Å². The molecule has 1 heterocycles. The first kappa shape index (κ1) is 24.1. The van der Waals surface area contributed by atoms with Gasteiger partial charge in [0, 0.05) is 5.92 Å². The normalized spacial score (nSPS) is 23.0. The van der Waals surface area contributed by atoms with E-state index in [4.69, 9.17) is 9.47 Å². The zero-order valence-electron chi connectivity index (χ0n) is 16.8. The number of alkyl halides is 6. The van der Waals surface area contributed by atoms with Crippen LogP contribution in [0.2, 0.25) is 0 Å². The Morgan fingerprint density at radius 2 is 1.56 bits per heavy atom. The lowest BCUT2D eigenvalue weighted by Crippen LogP contribution is -2.43. The Bertz CT molecular complexity index is 909. The van der Waals surface area contributed by atoms with Crippen molar-refractivity contribution in [2.45, 2.75) is 37.4 Å². The van der Waals surface area contributed by atoms with Crippen molar-refractivity contribution in [1.29, 1.82) is 0 Å². The highest BCUT2D eigenvalue weighted by Crippen LogP contribution is 2.40. The summed E-state index contributed by atoms with van der Waals surface area (Å²) in [4.78, 5) is 11.8. The third-order valence-corrected chi connectivity index (χ3v) is 5.37. The first-order chi connectivity index (χ1) is 14.9. The minimum atomic E-state index is -4.98. The van der Waals surface area contributed by atoms with E-state index >= 15 is 0 Å². The Balaban J connectivity index is 1.95. The van der Waals surface area contributed by atoms with E-state index in [0.29, 0.717) is 17.7 Å². The molecule has 1 aliphatic rings. The average molecular weight is 462 g/mol. The molecule has 1 aliphatic heterocycles. The summed E-state index contributed by atoms with van der Waals surface area (Å²) in [6.07, 6.45) is -12.0. The third-order valence-electron chi connectivity index (χ3n) is 5.37. The van der Waals surface area contributed by atoms with Crippen molar-refractivity contribution in [2.75, 3.05) is 13.2 Å². The second-order valence-corrected chi connectivity index (χ2v) is 7.57. The van der Waals surface area contributed by atoms with Crippen LogP contribution in [0.1, 0.15) is 41.2 Å².